The van der Waals surface area contributed by atoms with Crippen molar-refractivity contribution >= 4 is 17.0 Å². The van der Waals surface area contributed by atoms with Crippen LogP contribution in [0.25, 0.3) is 27.8 Å². The molecule has 0 aliphatic rings. The molecule has 0 radical (unpaired) electrons. The normalized spacial score (nSPS) is 10.9. The van der Waals surface area contributed by atoms with Gasteiger partial charge in [0.25, 0.3) is 5.56 Å². The molecule has 2 aromatic carbocycles. The number of aromatic amines is 1. The van der Waals surface area contributed by atoms with E-state index in [0.717, 1.165) is 11.1 Å². The third kappa shape index (κ3) is 2.91. The van der Waals surface area contributed by atoms with Crippen molar-refractivity contribution in [3.63, 3.8) is 0 Å². The van der Waals surface area contributed by atoms with Crippen LogP contribution < -0.4 is 5.56 Å². The Morgan fingerprint density at radius 2 is 1.78 bits per heavy atom. The summed E-state index contributed by atoms with van der Waals surface area (Å²) in [6.07, 6.45) is 0. The van der Waals surface area contributed by atoms with Gasteiger partial charge in [0.1, 0.15) is 0 Å². The number of methoxy groups -OCH3 is 1. The lowest BCUT2D eigenvalue weighted by molar-refractivity contribution is 0.0594. The lowest BCUT2D eigenvalue weighted by Crippen LogP contribution is -2.14. The summed E-state index contributed by atoms with van der Waals surface area (Å²) in [7, 11) is 1.30. The summed E-state index contributed by atoms with van der Waals surface area (Å²) in [6, 6.07) is 18.6. The van der Waals surface area contributed by atoms with Crippen molar-refractivity contribution in [2.75, 3.05) is 7.11 Å². The van der Waals surface area contributed by atoms with Crippen molar-refractivity contribution in [2.24, 2.45) is 0 Å². The number of aromatic nitrogens is 3. The second-order valence-electron chi connectivity index (χ2n) is 6.22. The second-order valence-corrected chi connectivity index (χ2v) is 6.22. The van der Waals surface area contributed by atoms with E-state index in [2.05, 4.69) is 10.1 Å². The van der Waals surface area contributed by atoms with Crippen molar-refractivity contribution in [3.05, 3.63) is 82.3 Å². The molecule has 0 aliphatic heterocycles. The van der Waals surface area contributed by atoms with Gasteiger partial charge in [0.2, 0.25) is 0 Å². The summed E-state index contributed by atoms with van der Waals surface area (Å²) in [6.45, 7) is 1.99. The minimum atomic E-state index is -0.557. The van der Waals surface area contributed by atoms with Crippen LogP contribution in [0.15, 0.2) is 65.5 Å². The lowest BCUT2D eigenvalue weighted by atomic mass is 10.0. The average Bonchev–Trinajstić information content (AvgIpc) is 3.04. The van der Waals surface area contributed by atoms with Crippen LogP contribution >= 0.6 is 0 Å². The number of nitrogens with zero attached hydrogens (tertiary/aromatic N) is 2. The maximum Gasteiger partial charge on any atom is 0.356 e. The zero-order chi connectivity index (χ0) is 19.0. The van der Waals surface area contributed by atoms with Crippen LogP contribution in [0.3, 0.4) is 0 Å². The van der Waals surface area contributed by atoms with Gasteiger partial charge in [-0.1, -0.05) is 48.0 Å². The maximum atomic E-state index is 13.1. The molecule has 0 spiro atoms. The number of hydrogen-bond donors (Lipinski definition) is 1. The number of ether oxygens (including phenoxy) is 1. The predicted molar refractivity (Wildman–Crippen MR) is 103 cm³/mol. The molecule has 0 atom stereocenters. The van der Waals surface area contributed by atoms with Gasteiger partial charge in [-0.05, 0) is 30.7 Å². The van der Waals surface area contributed by atoms with E-state index < -0.39 is 5.97 Å². The standard InChI is InChI=1S/C21H17N3O3/c1-13-8-10-14(11-9-13)16-12-17(21(26)27-2)22-19-18(16)20(25)24(23-19)15-6-4-3-5-7-15/h3-12H,1-2H3,(H,22,23). The van der Waals surface area contributed by atoms with Crippen molar-refractivity contribution < 1.29 is 9.53 Å². The molecule has 2 heterocycles. The predicted octanol–water partition coefficient (Wildman–Crippen LogP) is 3.48. The molecule has 27 heavy (non-hydrogen) atoms. The number of pyridine rings is 1. The van der Waals surface area contributed by atoms with E-state index in [1.165, 1.54) is 11.8 Å². The highest BCUT2D eigenvalue weighted by Gasteiger charge is 2.19. The molecule has 6 nitrogen and oxygen atoms in total. The van der Waals surface area contributed by atoms with Gasteiger partial charge in [0.05, 0.1) is 18.2 Å². The number of para-hydroxylation sites is 1. The molecule has 4 aromatic rings. The van der Waals surface area contributed by atoms with Gasteiger partial charge in [0.15, 0.2) is 11.3 Å². The largest absolute Gasteiger partial charge is 0.464 e. The van der Waals surface area contributed by atoms with Crippen LogP contribution in [-0.4, -0.2) is 27.8 Å². The molecule has 1 N–H and O–H groups in total. The zero-order valence-electron chi connectivity index (χ0n) is 14.9. The van der Waals surface area contributed by atoms with Gasteiger partial charge in [-0.25, -0.2) is 14.5 Å². The van der Waals surface area contributed by atoms with E-state index in [1.807, 2.05) is 61.5 Å². The minimum absolute atomic E-state index is 0.141. The Kier molecular flexibility index (Phi) is 4.08. The van der Waals surface area contributed by atoms with Crippen molar-refractivity contribution in [3.8, 4) is 16.8 Å². The molecule has 0 fully saturated rings. The van der Waals surface area contributed by atoms with Crippen molar-refractivity contribution in [1.82, 2.24) is 14.8 Å². The summed E-state index contributed by atoms with van der Waals surface area (Å²) < 4.78 is 6.24. The fourth-order valence-electron chi connectivity index (χ4n) is 3.04. The molecule has 0 aliphatic carbocycles. The molecule has 0 saturated carbocycles. The molecule has 0 amide bonds. The number of H-pyrrole nitrogens is 1. The topological polar surface area (TPSA) is 77.0 Å². The second kappa shape index (κ2) is 6.57. The maximum absolute atomic E-state index is 13.1. The van der Waals surface area contributed by atoms with Crippen LogP contribution in [0.4, 0.5) is 0 Å². The summed E-state index contributed by atoms with van der Waals surface area (Å²) in [5.41, 5.74) is 3.51. The van der Waals surface area contributed by atoms with Crippen molar-refractivity contribution in [1.29, 1.82) is 0 Å². The van der Waals surface area contributed by atoms with Gasteiger partial charge in [-0.15, -0.1) is 0 Å². The van der Waals surface area contributed by atoms with Crippen LogP contribution in [0, 0.1) is 6.92 Å². The molecule has 0 saturated heterocycles. The number of nitrogens with one attached hydrogen (secondary N) is 1. The van der Waals surface area contributed by atoms with Gasteiger partial charge >= 0.3 is 5.97 Å². The van der Waals surface area contributed by atoms with E-state index in [4.69, 9.17) is 4.74 Å². The lowest BCUT2D eigenvalue weighted by Gasteiger charge is -2.06. The zero-order valence-corrected chi connectivity index (χ0v) is 14.9. The first-order valence-corrected chi connectivity index (χ1v) is 8.45. The Hall–Kier alpha value is -3.67. The number of fused-ring (bicyclic) bond motifs is 1. The SMILES string of the molecule is COC(=O)c1cc(-c2ccc(C)cc2)c2c(=O)n(-c3ccccc3)[nH]c2n1. The first-order valence-electron chi connectivity index (χ1n) is 8.45. The van der Waals surface area contributed by atoms with Crippen molar-refractivity contribution in [2.45, 2.75) is 6.92 Å². The number of carbonyl (C=O) groups is 1. The number of hydrogen-bond acceptors (Lipinski definition) is 4. The Bertz CT molecular complexity index is 1190. The molecule has 2 aromatic heterocycles. The van der Waals surface area contributed by atoms with E-state index in [1.54, 1.807) is 6.07 Å². The fraction of sp³-hybridized carbons (Fsp3) is 0.0952. The summed E-state index contributed by atoms with van der Waals surface area (Å²) >= 11 is 0. The summed E-state index contributed by atoms with van der Waals surface area (Å²) in [4.78, 5) is 29.5. The highest BCUT2D eigenvalue weighted by Crippen LogP contribution is 2.27. The Labute approximate surface area is 155 Å². The van der Waals surface area contributed by atoms with Gasteiger partial charge in [-0.3, -0.25) is 9.89 Å². The first kappa shape index (κ1) is 16.8. The van der Waals surface area contributed by atoms with Crippen LogP contribution in [0.1, 0.15) is 16.1 Å². The number of benzene rings is 2. The number of rotatable bonds is 3. The molecule has 6 heteroatoms. The minimum Gasteiger partial charge on any atom is -0.464 e. The first-order chi connectivity index (χ1) is 13.1. The number of carbonyl (C=O) groups excluding carboxylic acids is 1. The Morgan fingerprint density at radius 1 is 1.07 bits per heavy atom. The van der Waals surface area contributed by atoms with Crippen LogP contribution in [-0.2, 0) is 4.74 Å². The molecule has 0 bridgehead atoms. The van der Waals surface area contributed by atoms with Gasteiger partial charge in [-0.2, -0.15) is 0 Å². The summed E-state index contributed by atoms with van der Waals surface area (Å²) in [5, 5.41) is 3.43. The molecule has 0 unspecified atom stereocenters. The molecular weight excluding hydrogens is 342 g/mol. The Morgan fingerprint density at radius 3 is 2.44 bits per heavy atom. The molecule has 134 valence electrons. The quantitative estimate of drug-likeness (QED) is 0.568. The van der Waals surface area contributed by atoms with E-state index in [9.17, 15) is 9.59 Å². The van der Waals surface area contributed by atoms with Crippen LogP contribution in [0.2, 0.25) is 0 Å². The van der Waals surface area contributed by atoms with Gasteiger partial charge in [0, 0.05) is 5.56 Å². The smallest absolute Gasteiger partial charge is 0.356 e. The molecule has 4 rings (SSSR count). The fourth-order valence-corrected chi connectivity index (χ4v) is 3.04. The van der Waals surface area contributed by atoms with E-state index in [0.29, 0.717) is 22.3 Å². The third-order valence-electron chi connectivity index (χ3n) is 4.43. The molecular formula is C21H17N3O3. The highest BCUT2D eigenvalue weighted by molar-refractivity contribution is 5.98. The third-order valence-corrected chi connectivity index (χ3v) is 4.43. The Balaban J connectivity index is 2.04. The highest BCUT2D eigenvalue weighted by atomic mass is 16.5. The van der Waals surface area contributed by atoms with Gasteiger partial charge < -0.3 is 4.74 Å². The average molecular weight is 359 g/mol. The monoisotopic (exact) mass is 359 g/mol. The number of esters is 1. The number of aryl methyl sites for hydroxylation is 1. The summed E-state index contributed by atoms with van der Waals surface area (Å²) in [5.74, 6) is -0.557. The van der Waals surface area contributed by atoms with E-state index in [-0.39, 0.29) is 11.3 Å². The van der Waals surface area contributed by atoms with Crippen LogP contribution in [0.5, 0.6) is 0 Å². The van der Waals surface area contributed by atoms with E-state index >= 15 is 0 Å².